The van der Waals surface area contributed by atoms with Crippen molar-refractivity contribution in [2.24, 2.45) is 10.7 Å². The van der Waals surface area contributed by atoms with E-state index in [0.29, 0.717) is 47.0 Å². The SMILES string of the molecule is CC1(C)Oc2ccc(CC[C@H]3O[C@@H](n4ccc5c(N)ncnc54)[C@H](O)[C@@H]3O)cc2N=C1N. The predicted molar refractivity (Wildman–Crippen MR) is 119 cm³/mol. The minimum absolute atomic E-state index is 0.349. The molecule has 3 aromatic rings. The summed E-state index contributed by atoms with van der Waals surface area (Å²) >= 11 is 0. The van der Waals surface area contributed by atoms with Gasteiger partial charge in [0.1, 0.15) is 47.3 Å². The third-order valence-corrected chi connectivity index (χ3v) is 6.12. The van der Waals surface area contributed by atoms with Gasteiger partial charge >= 0.3 is 0 Å². The molecule has 2 aliphatic rings. The number of aryl methyl sites for hydroxylation is 1. The van der Waals surface area contributed by atoms with Gasteiger partial charge in [-0.25, -0.2) is 15.0 Å². The molecule has 10 nitrogen and oxygen atoms in total. The minimum Gasteiger partial charge on any atom is -0.478 e. The summed E-state index contributed by atoms with van der Waals surface area (Å²) in [5.41, 5.74) is 13.5. The Morgan fingerprint density at radius 3 is 2.75 bits per heavy atom. The molecule has 1 saturated heterocycles. The van der Waals surface area contributed by atoms with E-state index in [1.54, 1.807) is 16.8 Å². The van der Waals surface area contributed by atoms with Crippen LogP contribution in [0.3, 0.4) is 0 Å². The van der Waals surface area contributed by atoms with Gasteiger partial charge < -0.3 is 35.7 Å². The minimum atomic E-state index is -1.10. The molecule has 0 aliphatic carbocycles. The van der Waals surface area contributed by atoms with E-state index in [1.165, 1.54) is 6.33 Å². The number of nitrogens with zero attached hydrogens (tertiary/aromatic N) is 4. The Labute approximate surface area is 184 Å². The lowest BCUT2D eigenvalue weighted by atomic mass is 10.0. The van der Waals surface area contributed by atoms with Crippen molar-refractivity contribution >= 4 is 28.4 Å². The summed E-state index contributed by atoms with van der Waals surface area (Å²) in [6, 6.07) is 7.53. The second-order valence-corrected chi connectivity index (χ2v) is 8.72. The molecule has 5 rings (SSSR count). The number of rotatable bonds is 4. The van der Waals surface area contributed by atoms with Crippen LogP contribution in [-0.4, -0.2) is 54.5 Å². The predicted octanol–water partition coefficient (Wildman–Crippen LogP) is 1.43. The van der Waals surface area contributed by atoms with Crippen molar-refractivity contribution in [2.75, 3.05) is 5.73 Å². The van der Waals surface area contributed by atoms with Crippen LogP contribution in [0.1, 0.15) is 32.1 Å². The molecule has 0 radical (unpaired) electrons. The van der Waals surface area contributed by atoms with Crippen LogP contribution in [0.25, 0.3) is 11.0 Å². The summed E-state index contributed by atoms with van der Waals surface area (Å²) in [6.07, 6.45) is 0.759. The van der Waals surface area contributed by atoms with Gasteiger partial charge in [0.25, 0.3) is 0 Å². The maximum absolute atomic E-state index is 10.6. The van der Waals surface area contributed by atoms with E-state index in [1.807, 2.05) is 32.0 Å². The van der Waals surface area contributed by atoms with Gasteiger partial charge in [0, 0.05) is 6.20 Å². The number of hydrogen-bond acceptors (Lipinski definition) is 9. The number of nitrogens with two attached hydrogens (primary N) is 2. The highest BCUT2D eigenvalue weighted by molar-refractivity contribution is 5.93. The molecule has 4 atom stereocenters. The maximum atomic E-state index is 10.6. The standard InChI is InChI=1S/C22H26N6O4/c1-22(2)21(24)27-13-9-11(3-5-14(13)32-22)4-6-15-16(29)17(30)20(31-15)28-8-7-12-18(23)25-10-26-19(12)28/h3,5,7-10,15-17,20,29-30H,4,6H2,1-2H3,(H2,24,27)(H2,23,25,26)/t15-,16-,17-,20-/m1/s1. The fourth-order valence-electron chi connectivity index (χ4n) is 4.19. The summed E-state index contributed by atoms with van der Waals surface area (Å²) in [5.74, 6) is 1.45. The lowest BCUT2D eigenvalue weighted by Gasteiger charge is -2.30. The van der Waals surface area contributed by atoms with Crippen molar-refractivity contribution < 1.29 is 19.7 Å². The number of nitrogen functional groups attached to an aromatic ring is 1. The molecule has 10 heteroatoms. The zero-order valence-electron chi connectivity index (χ0n) is 17.8. The highest BCUT2D eigenvalue weighted by Gasteiger charge is 2.43. The summed E-state index contributed by atoms with van der Waals surface area (Å²) in [5, 5.41) is 21.9. The second-order valence-electron chi connectivity index (χ2n) is 8.72. The number of hydrogen-bond donors (Lipinski definition) is 4. The van der Waals surface area contributed by atoms with E-state index in [0.717, 1.165) is 5.56 Å². The monoisotopic (exact) mass is 438 g/mol. The Morgan fingerprint density at radius 1 is 1.12 bits per heavy atom. The molecule has 6 N–H and O–H groups in total. The fourth-order valence-corrected chi connectivity index (χ4v) is 4.19. The first-order valence-corrected chi connectivity index (χ1v) is 10.5. The van der Waals surface area contributed by atoms with E-state index >= 15 is 0 Å². The van der Waals surface area contributed by atoms with E-state index in [-0.39, 0.29) is 0 Å². The van der Waals surface area contributed by atoms with Gasteiger partial charge in [-0.1, -0.05) is 6.07 Å². The van der Waals surface area contributed by atoms with Gasteiger partial charge in [0.15, 0.2) is 11.8 Å². The lowest BCUT2D eigenvalue weighted by molar-refractivity contribution is -0.0364. The first kappa shape index (κ1) is 20.7. The van der Waals surface area contributed by atoms with Crippen molar-refractivity contribution in [1.82, 2.24) is 14.5 Å². The fraction of sp³-hybridized carbons (Fsp3) is 0.409. The lowest BCUT2D eigenvalue weighted by Crippen LogP contribution is -2.45. The second kappa shape index (κ2) is 7.44. The third kappa shape index (κ3) is 3.36. The van der Waals surface area contributed by atoms with Gasteiger partial charge in [-0.2, -0.15) is 0 Å². The van der Waals surface area contributed by atoms with Gasteiger partial charge in [0.05, 0.1) is 11.5 Å². The molecule has 0 bridgehead atoms. The summed E-state index contributed by atoms with van der Waals surface area (Å²) in [7, 11) is 0. The average molecular weight is 438 g/mol. The number of aliphatic hydroxyl groups excluding tert-OH is 2. The molecule has 1 fully saturated rings. The third-order valence-electron chi connectivity index (χ3n) is 6.12. The molecule has 168 valence electrons. The van der Waals surface area contributed by atoms with E-state index in [2.05, 4.69) is 15.0 Å². The molecule has 2 aliphatic heterocycles. The van der Waals surface area contributed by atoms with Gasteiger partial charge in [-0.3, -0.25) is 0 Å². The van der Waals surface area contributed by atoms with Crippen LogP contribution in [0.4, 0.5) is 11.5 Å². The number of amidine groups is 1. The molecule has 2 aromatic heterocycles. The number of fused-ring (bicyclic) bond motifs is 2. The molecule has 0 spiro atoms. The zero-order chi connectivity index (χ0) is 22.6. The number of ether oxygens (including phenoxy) is 2. The summed E-state index contributed by atoms with van der Waals surface area (Å²) in [4.78, 5) is 12.7. The Morgan fingerprint density at radius 2 is 1.94 bits per heavy atom. The Hall–Kier alpha value is -3.21. The van der Waals surface area contributed by atoms with Gasteiger partial charge in [0.2, 0.25) is 0 Å². The number of anilines is 1. The number of aliphatic hydroxyl groups is 2. The van der Waals surface area contributed by atoms with E-state index in [9.17, 15) is 10.2 Å². The van der Waals surface area contributed by atoms with Gasteiger partial charge in [-0.15, -0.1) is 0 Å². The summed E-state index contributed by atoms with van der Waals surface area (Å²) < 4.78 is 13.6. The van der Waals surface area contributed by atoms with Crippen LogP contribution in [0, 0.1) is 0 Å². The van der Waals surface area contributed by atoms with Crippen LogP contribution in [0.15, 0.2) is 41.8 Å². The van der Waals surface area contributed by atoms with Crippen LogP contribution in [0.2, 0.25) is 0 Å². The molecule has 0 amide bonds. The Kier molecular flexibility index (Phi) is 4.81. The van der Waals surface area contributed by atoms with Crippen molar-refractivity contribution in [1.29, 1.82) is 0 Å². The largest absolute Gasteiger partial charge is 0.478 e. The number of benzene rings is 1. The first-order chi connectivity index (χ1) is 15.2. The molecule has 32 heavy (non-hydrogen) atoms. The molecule has 1 aromatic carbocycles. The van der Waals surface area contributed by atoms with Crippen LogP contribution in [-0.2, 0) is 11.2 Å². The van der Waals surface area contributed by atoms with Crippen molar-refractivity contribution in [3.05, 3.63) is 42.4 Å². The van der Waals surface area contributed by atoms with Crippen molar-refractivity contribution in [2.45, 2.75) is 56.8 Å². The van der Waals surface area contributed by atoms with Crippen molar-refractivity contribution in [3.63, 3.8) is 0 Å². The highest BCUT2D eigenvalue weighted by Crippen LogP contribution is 2.37. The molecular formula is C22H26N6O4. The zero-order valence-corrected chi connectivity index (χ0v) is 17.8. The summed E-state index contributed by atoms with van der Waals surface area (Å²) in [6.45, 7) is 3.75. The van der Waals surface area contributed by atoms with Crippen molar-refractivity contribution in [3.8, 4) is 5.75 Å². The topological polar surface area (TPSA) is 154 Å². The van der Waals surface area contributed by atoms with Crippen LogP contribution in [0.5, 0.6) is 5.75 Å². The Bertz CT molecular complexity index is 1210. The van der Waals surface area contributed by atoms with Gasteiger partial charge in [-0.05, 0) is 50.5 Å². The first-order valence-electron chi connectivity index (χ1n) is 10.5. The molecule has 0 saturated carbocycles. The molecule has 4 heterocycles. The normalized spacial score (nSPS) is 26.6. The van der Waals surface area contributed by atoms with Crippen LogP contribution >= 0.6 is 0 Å². The smallest absolute Gasteiger partial charge is 0.164 e. The maximum Gasteiger partial charge on any atom is 0.164 e. The molecular weight excluding hydrogens is 412 g/mol. The number of aromatic nitrogens is 3. The van der Waals surface area contributed by atoms with E-state index in [4.69, 9.17) is 20.9 Å². The average Bonchev–Trinajstić information content (AvgIpc) is 3.30. The molecule has 0 unspecified atom stereocenters. The highest BCUT2D eigenvalue weighted by atomic mass is 16.6. The quantitative estimate of drug-likeness (QED) is 0.477. The van der Waals surface area contributed by atoms with Crippen LogP contribution < -0.4 is 16.2 Å². The Balaban J connectivity index is 1.31. The number of aliphatic imine (C=N–C) groups is 1. The van der Waals surface area contributed by atoms with E-state index < -0.39 is 30.1 Å².